The third-order valence-electron chi connectivity index (χ3n) is 3.10. The lowest BCUT2D eigenvalue weighted by molar-refractivity contribution is -0.115. The molecule has 1 atom stereocenters. The Kier molecular flexibility index (Phi) is 4.85. The van der Waals surface area contributed by atoms with E-state index in [1.807, 2.05) is 0 Å². The van der Waals surface area contributed by atoms with Gasteiger partial charge in [0.05, 0.1) is 7.11 Å². The van der Waals surface area contributed by atoms with Gasteiger partial charge in [-0.25, -0.2) is 0 Å². The van der Waals surface area contributed by atoms with Gasteiger partial charge in [-0.3, -0.25) is 4.79 Å². The molecule has 1 aliphatic carbocycles. The third kappa shape index (κ3) is 3.89. The van der Waals surface area contributed by atoms with E-state index in [0.717, 1.165) is 0 Å². The number of carbonyl (C=O) groups is 1. The second kappa shape index (κ2) is 6.82. The van der Waals surface area contributed by atoms with Crippen LogP contribution in [0.15, 0.2) is 47.9 Å². The number of aliphatic hydroxyl groups is 2. The fraction of sp³-hybridized carbons (Fsp3) is 0.188. The van der Waals surface area contributed by atoms with Crippen LogP contribution in [0.25, 0.3) is 6.08 Å². The summed E-state index contributed by atoms with van der Waals surface area (Å²) in [4.78, 5) is 11.8. The second-order valence-electron chi connectivity index (χ2n) is 4.73. The average molecular weight is 303 g/mol. The summed E-state index contributed by atoms with van der Waals surface area (Å²) in [6.45, 7) is 0. The Balaban J connectivity index is 1.99. The van der Waals surface area contributed by atoms with Gasteiger partial charge in [-0.2, -0.15) is 0 Å². The number of benzene rings is 1. The van der Waals surface area contributed by atoms with Gasteiger partial charge in [0.25, 0.3) is 0 Å². The van der Waals surface area contributed by atoms with Crippen LogP contribution in [0.1, 0.15) is 12.0 Å². The first-order valence-electron chi connectivity index (χ1n) is 6.64. The summed E-state index contributed by atoms with van der Waals surface area (Å²) < 4.78 is 4.93. The van der Waals surface area contributed by atoms with Gasteiger partial charge in [0, 0.05) is 24.3 Å². The third-order valence-corrected chi connectivity index (χ3v) is 3.10. The van der Waals surface area contributed by atoms with Gasteiger partial charge < -0.3 is 25.4 Å². The maximum atomic E-state index is 11.8. The summed E-state index contributed by atoms with van der Waals surface area (Å²) in [5.74, 6) is -0.223. The predicted molar refractivity (Wildman–Crippen MR) is 81.3 cm³/mol. The molecule has 0 spiro atoms. The molecular weight excluding hydrogens is 286 g/mol. The van der Waals surface area contributed by atoms with E-state index in [1.54, 1.807) is 18.2 Å². The van der Waals surface area contributed by atoms with Crippen molar-refractivity contribution in [2.45, 2.75) is 12.5 Å². The van der Waals surface area contributed by atoms with Crippen molar-refractivity contribution in [1.82, 2.24) is 5.32 Å². The molecule has 1 aromatic rings. The molecule has 0 radical (unpaired) electrons. The zero-order valence-corrected chi connectivity index (χ0v) is 12.0. The number of aromatic hydroxyl groups is 1. The van der Waals surface area contributed by atoms with Crippen molar-refractivity contribution in [2.24, 2.45) is 0 Å². The first kappa shape index (κ1) is 15.7. The summed E-state index contributed by atoms with van der Waals surface area (Å²) in [5, 5.41) is 31.0. The maximum Gasteiger partial charge on any atom is 0.248 e. The number of rotatable bonds is 4. The summed E-state index contributed by atoms with van der Waals surface area (Å²) in [6, 6.07) is 4.77. The molecule has 1 aromatic carbocycles. The van der Waals surface area contributed by atoms with Crippen molar-refractivity contribution in [3.8, 4) is 11.5 Å². The van der Waals surface area contributed by atoms with E-state index < -0.39 is 6.10 Å². The van der Waals surface area contributed by atoms with Crippen LogP contribution < -0.4 is 10.1 Å². The lowest BCUT2D eigenvalue weighted by Gasteiger charge is -2.14. The number of hydrogen-bond acceptors (Lipinski definition) is 5. The quantitative estimate of drug-likeness (QED) is 0.634. The Morgan fingerprint density at radius 2 is 2.18 bits per heavy atom. The van der Waals surface area contributed by atoms with Crippen LogP contribution in [0, 0.1) is 0 Å². The highest BCUT2D eigenvalue weighted by atomic mass is 16.5. The van der Waals surface area contributed by atoms with Gasteiger partial charge in [-0.1, -0.05) is 12.1 Å². The van der Waals surface area contributed by atoms with Crippen LogP contribution in [0.3, 0.4) is 0 Å². The zero-order chi connectivity index (χ0) is 16.1. The molecule has 1 unspecified atom stereocenters. The zero-order valence-electron chi connectivity index (χ0n) is 12.0. The molecule has 0 aromatic heterocycles. The summed E-state index contributed by atoms with van der Waals surface area (Å²) in [5.41, 5.74) is 1.06. The Bertz CT molecular complexity index is 661. The van der Waals surface area contributed by atoms with Crippen molar-refractivity contribution < 1.29 is 24.9 Å². The van der Waals surface area contributed by atoms with Crippen LogP contribution >= 0.6 is 0 Å². The topological polar surface area (TPSA) is 99.0 Å². The number of phenols is 1. The minimum atomic E-state index is -0.918. The molecule has 4 N–H and O–H groups in total. The summed E-state index contributed by atoms with van der Waals surface area (Å²) in [6.07, 6.45) is 5.09. The Morgan fingerprint density at radius 3 is 2.82 bits per heavy atom. The number of hydrogen-bond donors (Lipinski definition) is 4. The van der Waals surface area contributed by atoms with Gasteiger partial charge in [0.15, 0.2) is 11.5 Å². The molecule has 1 amide bonds. The van der Waals surface area contributed by atoms with Crippen LogP contribution in [0.4, 0.5) is 0 Å². The largest absolute Gasteiger partial charge is 0.509 e. The van der Waals surface area contributed by atoms with Crippen molar-refractivity contribution in [3.63, 3.8) is 0 Å². The summed E-state index contributed by atoms with van der Waals surface area (Å²) in [7, 11) is 1.45. The number of carbonyl (C=O) groups excluding carboxylic acids is 1. The van der Waals surface area contributed by atoms with E-state index in [9.17, 15) is 20.1 Å². The van der Waals surface area contributed by atoms with E-state index in [0.29, 0.717) is 17.0 Å². The number of amides is 1. The fourth-order valence-corrected chi connectivity index (χ4v) is 1.93. The highest BCUT2D eigenvalue weighted by Crippen LogP contribution is 2.26. The van der Waals surface area contributed by atoms with Crippen molar-refractivity contribution in [2.75, 3.05) is 7.11 Å². The van der Waals surface area contributed by atoms with Gasteiger partial charge in [-0.15, -0.1) is 0 Å². The number of allylic oxidation sites excluding steroid dienone is 1. The van der Waals surface area contributed by atoms with Crippen molar-refractivity contribution >= 4 is 12.0 Å². The molecule has 1 aliphatic rings. The smallest absolute Gasteiger partial charge is 0.248 e. The highest BCUT2D eigenvalue weighted by Gasteiger charge is 2.14. The second-order valence-corrected chi connectivity index (χ2v) is 4.73. The van der Waals surface area contributed by atoms with E-state index in [2.05, 4.69) is 5.32 Å². The van der Waals surface area contributed by atoms with Crippen molar-refractivity contribution in [1.29, 1.82) is 0 Å². The van der Waals surface area contributed by atoms with E-state index in [-0.39, 0.29) is 23.8 Å². The van der Waals surface area contributed by atoms with Crippen LogP contribution in [0.5, 0.6) is 11.5 Å². The van der Waals surface area contributed by atoms with Gasteiger partial charge >= 0.3 is 0 Å². The molecule has 0 fully saturated rings. The molecule has 0 heterocycles. The first-order valence-corrected chi connectivity index (χ1v) is 6.64. The lowest BCUT2D eigenvalue weighted by atomic mass is 10.1. The Labute approximate surface area is 127 Å². The monoisotopic (exact) mass is 303 g/mol. The fourth-order valence-electron chi connectivity index (χ4n) is 1.93. The minimum absolute atomic E-state index is 0.0121. The lowest BCUT2D eigenvalue weighted by Crippen LogP contribution is -2.23. The molecular formula is C16H17NO5. The molecule has 0 bridgehead atoms. The number of aliphatic hydroxyl groups excluding tert-OH is 2. The average Bonchev–Trinajstić information content (AvgIpc) is 2.49. The van der Waals surface area contributed by atoms with E-state index in [4.69, 9.17) is 4.74 Å². The highest BCUT2D eigenvalue weighted by molar-refractivity contribution is 5.93. The number of phenolic OH excluding ortho intramolecular Hbond substituents is 1. The molecule has 2 rings (SSSR count). The van der Waals surface area contributed by atoms with Crippen molar-refractivity contribution in [3.05, 3.63) is 53.4 Å². The van der Waals surface area contributed by atoms with Gasteiger partial charge in [-0.05, 0) is 23.8 Å². The van der Waals surface area contributed by atoms with Crippen LogP contribution in [0.2, 0.25) is 0 Å². The van der Waals surface area contributed by atoms with Crippen LogP contribution in [-0.4, -0.2) is 34.4 Å². The molecule has 6 heteroatoms. The Hall–Kier alpha value is -2.73. The molecule has 22 heavy (non-hydrogen) atoms. The van der Waals surface area contributed by atoms with Crippen LogP contribution in [-0.2, 0) is 4.79 Å². The number of ether oxygens (including phenoxy) is 1. The molecule has 0 saturated heterocycles. The minimum Gasteiger partial charge on any atom is -0.509 e. The summed E-state index contributed by atoms with van der Waals surface area (Å²) >= 11 is 0. The SMILES string of the molecule is COc1ccc(/C=C/C(=O)NC2=CCC(O)C(O)=C2)cc1O. The molecule has 6 nitrogen and oxygen atoms in total. The number of methoxy groups -OCH3 is 1. The predicted octanol–water partition coefficient (Wildman–Crippen LogP) is 1.62. The maximum absolute atomic E-state index is 11.8. The van der Waals surface area contributed by atoms with Gasteiger partial charge in [0.1, 0.15) is 11.9 Å². The molecule has 0 saturated carbocycles. The van der Waals surface area contributed by atoms with E-state index in [1.165, 1.54) is 31.4 Å². The number of nitrogens with one attached hydrogen (secondary N) is 1. The van der Waals surface area contributed by atoms with E-state index >= 15 is 0 Å². The molecule has 116 valence electrons. The van der Waals surface area contributed by atoms with Gasteiger partial charge in [0.2, 0.25) is 5.91 Å². The normalized spacial score (nSPS) is 17.8. The first-order chi connectivity index (χ1) is 10.5. The Morgan fingerprint density at radius 1 is 1.41 bits per heavy atom. The molecule has 0 aliphatic heterocycles. The standard InChI is InChI=1S/C16H17NO5/c1-22-15-6-2-10(8-14(15)20)3-7-16(21)17-11-4-5-12(18)13(19)9-11/h2-4,6-9,12,18-20H,5H2,1H3,(H,17,21)/b7-3+.